The van der Waals surface area contributed by atoms with Crippen LogP contribution in [-0.2, 0) is 27.9 Å². The molecule has 2 aromatic rings. The van der Waals surface area contributed by atoms with Gasteiger partial charge in [-0.05, 0) is 31.0 Å². The minimum atomic E-state index is -4.56. The number of carbonyl (C=O) groups is 1. The van der Waals surface area contributed by atoms with Crippen molar-refractivity contribution in [3.05, 3.63) is 39.8 Å². The van der Waals surface area contributed by atoms with Gasteiger partial charge in [-0.1, -0.05) is 0 Å². The average Bonchev–Trinajstić information content (AvgIpc) is 3.29. The Bertz CT molecular complexity index is 885. The molecule has 9 heteroatoms. The highest BCUT2D eigenvalue weighted by molar-refractivity contribution is 5.85. The number of aliphatic carboxylic acids is 1. The van der Waals surface area contributed by atoms with Crippen molar-refractivity contribution in [3.63, 3.8) is 0 Å². The average molecular weight is 342 g/mol. The molecular weight excluding hydrogens is 329 g/mol. The second-order valence-corrected chi connectivity index (χ2v) is 5.66. The first-order valence-electron chi connectivity index (χ1n) is 7.07. The Kier molecular flexibility index (Phi) is 3.63. The van der Waals surface area contributed by atoms with Gasteiger partial charge in [0.2, 0.25) is 0 Å². The van der Waals surface area contributed by atoms with E-state index in [1.165, 1.54) is 7.11 Å². The van der Waals surface area contributed by atoms with Crippen molar-refractivity contribution in [3.8, 4) is 0 Å². The largest absolute Gasteiger partial charge is 0.480 e. The zero-order chi connectivity index (χ0) is 17.7. The number of halogens is 3. The van der Waals surface area contributed by atoms with E-state index in [1.54, 1.807) is 0 Å². The van der Waals surface area contributed by atoms with E-state index in [1.807, 2.05) is 0 Å². The van der Waals surface area contributed by atoms with Crippen molar-refractivity contribution >= 4 is 16.7 Å². The van der Waals surface area contributed by atoms with E-state index >= 15 is 0 Å². The molecule has 6 nitrogen and oxygen atoms in total. The molecule has 0 bridgehead atoms. The molecule has 1 N–H and O–H groups in total. The highest BCUT2D eigenvalue weighted by atomic mass is 19.4. The molecule has 1 fully saturated rings. The lowest BCUT2D eigenvalue weighted by Crippen LogP contribution is -2.30. The van der Waals surface area contributed by atoms with E-state index in [0.29, 0.717) is 12.8 Å². The number of fused-ring (bicyclic) bond motifs is 1. The summed E-state index contributed by atoms with van der Waals surface area (Å²) in [6.45, 7) is -0.678. The van der Waals surface area contributed by atoms with E-state index in [4.69, 9.17) is 9.84 Å². The molecule has 0 radical (unpaired) electrons. The maximum absolute atomic E-state index is 13.0. The molecule has 0 unspecified atom stereocenters. The Morgan fingerprint density at radius 3 is 2.54 bits per heavy atom. The predicted molar refractivity (Wildman–Crippen MR) is 76.6 cm³/mol. The second-order valence-electron chi connectivity index (χ2n) is 5.66. The first-order chi connectivity index (χ1) is 11.2. The van der Waals surface area contributed by atoms with Gasteiger partial charge in [0.05, 0.1) is 10.9 Å². The molecule has 0 aliphatic heterocycles. The maximum Gasteiger partial charge on any atom is 0.416 e. The van der Waals surface area contributed by atoms with Crippen molar-refractivity contribution in [2.45, 2.75) is 31.2 Å². The third-order valence-corrected chi connectivity index (χ3v) is 4.10. The van der Waals surface area contributed by atoms with Gasteiger partial charge >= 0.3 is 12.1 Å². The van der Waals surface area contributed by atoms with Gasteiger partial charge in [0.15, 0.2) is 0 Å². The monoisotopic (exact) mass is 342 g/mol. The van der Waals surface area contributed by atoms with E-state index in [9.17, 15) is 22.8 Å². The molecule has 0 spiro atoms. The number of aromatic nitrogens is 2. The summed E-state index contributed by atoms with van der Waals surface area (Å²) in [5, 5.41) is 12.9. The van der Waals surface area contributed by atoms with E-state index in [-0.39, 0.29) is 16.5 Å². The van der Waals surface area contributed by atoms with Crippen molar-refractivity contribution in [2.24, 2.45) is 0 Å². The molecule has 0 atom stereocenters. The number of nitrogens with zero attached hydrogens (tertiary/aromatic N) is 2. The molecule has 3 rings (SSSR count). The number of benzene rings is 1. The molecule has 1 heterocycles. The molecule has 1 aliphatic carbocycles. The Morgan fingerprint density at radius 1 is 1.38 bits per heavy atom. The fourth-order valence-electron chi connectivity index (χ4n) is 2.68. The highest BCUT2D eigenvalue weighted by Crippen LogP contribution is 2.49. The lowest BCUT2D eigenvalue weighted by atomic mass is 10.0. The van der Waals surface area contributed by atoms with E-state index < -0.39 is 35.4 Å². The fraction of sp³-hybridized carbons (Fsp3) is 0.400. The fourth-order valence-corrected chi connectivity index (χ4v) is 2.68. The predicted octanol–water partition coefficient (Wildman–Crippen LogP) is 2.14. The highest BCUT2D eigenvalue weighted by Gasteiger charge is 2.48. The molecule has 1 aliphatic rings. The number of carboxylic acids is 1. The summed E-state index contributed by atoms with van der Waals surface area (Å²) in [5.74, 6) is -1.27. The quantitative estimate of drug-likeness (QED) is 0.921. The van der Waals surface area contributed by atoms with Crippen LogP contribution in [0.1, 0.15) is 24.1 Å². The normalized spacial score (nSPS) is 16.3. The zero-order valence-electron chi connectivity index (χ0n) is 12.6. The van der Waals surface area contributed by atoms with Crippen molar-refractivity contribution in [1.29, 1.82) is 0 Å². The third kappa shape index (κ3) is 2.64. The second kappa shape index (κ2) is 5.30. The van der Waals surface area contributed by atoms with Crippen LogP contribution in [0.25, 0.3) is 10.8 Å². The maximum atomic E-state index is 13.0. The van der Waals surface area contributed by atoms with Gasteiger partial charge in [0.25, 0.3) is 5.56 Å². The van der Waals surface area contributed by atoms with Gasteiger partial charge in [0, 0.05) is 12.5 Å². The smallest absolute Gasteiger partial charge is 0.416 e. The number of rotatable bonds is 4. The molecular formula is C15H13F3N2O4. The van der Waals surface area contributed by atoms with Crippen LogP contribution in [0.4, 0.5) is 13.2 Å². The summed E-state index contributed by atoms with van der Waals surface area (Å²) in [7, 11) is 1.40. The standard InChI is InChI=1S/C15H13F3N2O4/c1-24-14(4-5-14)12-10-6-8(15(16,17)18)2-3-9(10)13(23)20(19-12)7-11(21)22/h2-3,6H,4-5,7H2,1H3,(H,21,22). The summed E-state index contributed by atoms with van der Waals surface area (Å²) >= 11 is 0. The van der Waals surface area contributed by atoms with Crippen molar-refractivity contribution < 1.29 is 27.8 Å². The number of hydrogen-bond acceptors (Lipinski definition) is 4. The minimum absolute atomic E-state index is 0.0161. The molecule has 1 aromatic carbocycles. The van der Waals surface area contributed by atoms with Crippen LogP contribution in [0.3, 0.4) is 0 Å². The molecule has 24 heavy (non-hydrogen) atoms. The SMILES string of the molecule is COC1(c2nn(CC(=O)O)c(=O)c3ccc(C(F)(F)F)cc23)CC1. The zero-order valence-corrected chi connectivity index (χ0v) is 12.6. The number of alkyl halides is 3. The van der Waals surface area contributed by atoms with Crippen molar-refractivity contribution in [1.82, 2.24) is 9.78 Å². The van der Waals surface area contributed by atoms with Crippen LogP contribution < -0.4 is 5.56 Å². The summed E-state index contributed by atoms with van der Waals surface area (Å²) < 4.78 is 45.0. The topological polar surface area (TPSA) is 81.4 Å². The number of hydrogen-bond donors (Lipinski definition) is 1. The lowest BCUT2D eigenvalue weighted by Gasteiger charge is -2.18. The Balaban J connectivity index is 2.33. The Labute approximate surface area is 133 Å². The van der Waals surface area contributed by atoms with Crippen LogP contribution in [0, 0.1) is 0 Å². The number of ether oxygens (including phenoxy) is 1. The Morgan fingerprint density at radius 2 is 2.04 bits per heavy atom. The van der Waals surface area contributed by atoms with Gasteiger partial charge in [-0.3, -0.25) is 9.59 Å². The molecule has 1 saturated carbocycles. The molecule has 0 amide bonds. The van der Waals surface area contributed by atoms with Crippen LogP contribution in [0.15, 0.2) is 23.0 Å². The molecule has 0 saturated heterocycles. The van der Waals surface area contributed by atoms with Gasteiger partial charge in [-0.15, -0.1) is 0 Å². The van der Waals surface area contributed by atoms with E-state index in [2.05, 4.69) is 5.10 Å². The van der Waals surface area contributed by atoms with Crippen molar-refractivity contribution in [2.75, 3.05) is 7.11 Å². The van der Waals surface area contributed by atoms with Gasteiger partial charge in [-0.25, -0.2) is 4.68 Å². The molecule has 128 valence electrons. The van der Waals surface area contributed by atoms with Gasteiger partial charge < -0.3 is 9.84 Å². The Hall–Kier alpha value is -2.42. The van der Waals surface area contributed by atoms with Crippen LogP contribution in [0.5, 0.6) is 0 Å². The molecule has 1 aromatic heterocycles. The number of carboxylic acid groups (broad SMARTS) is 1. The van der Waals surface area contributed by atoms with Crippen LogP contribution in [-0.4, -0.2) is 28.0 Å². The van der Waals surface area contributed by atoms with Gasteiger partial charge in [-0.2, -0.15) is 18.3 Å². The third-order valence-electron chi connectivity index (χ3n) is 4.10. The van der Waals surface area contributed by atoms with E-state index in [0.717, 1.165) is 22.9 Å². The first kappa shape index (κ1) is 16.4. The van der Waals surface area contributed by atoms with Crippen LogP contribution >= 0.6 is 0 Å². The van der Waals surface area contributed by atoms with Crippen LogP contribution in [0.2, 0.25) is 0 Å². The first-order valence-corrected chi connectivity index (χ1v) is 7.07. The summed E-state index contributed by atoms with van der Waals surface area (Å²) in [6.07, 6.45) is -3.49. The number of methoxy groups -OCH3 is 1. The summed E-state index contributed by atoms with van der Waals surface area (Å²) in [6, 6.07) is 2.71. The van der Waals surface area contributed by atoms with Gasteiger partial charge in [0.1, 0.15) is 17.8 Å². The minimum Gasteiger partial charge on any atom is -0.480 e. The summed E-state index contributed by atoms with van der Waals surface area (Å²) in [4.78, 5) is 23.2. The lowest BCUT2D eigenvalue weighted by molar-refractivity contribution is -0.138. The summed E-state index contributed by atoms with van der Waals surface area (Å²) in [5.41, 5.74) is -2.37.